The lowest BCUT2D eigenvalue weighted by Crippen LogP contribution is -2.42. The van der Waals surface area contributed by atoms with Crippen molar-refractivity contribution in [2.75, 3.05) is 0 Å². The van der Waals surface area contributed by atoms with Gasteiger partial charge in [0.2, 0.25) is 5.91 Å². The summed E-state index contributed by atoms with van der Waals surface area (Å²) in [6.07, 6.45) is 2.86. The predicted molar refractivity (Wildman–Crippen MR) is 74.1 cm³/mol. The maximum atomic E-state index is 13.7. The van der Waals surface area contributed by atoms with E-state index in [9.17, 15) is 18.4 Å². The van der Waals surface area contributed by atoms with E-state index in [-0.39, 0.29) is 17.4 Å². The number of hydrogen-bond acceptors (Lipinski definition) is 2. The van der Waals surface area contributed by atoms with E-state index < -0.39 is 29.6 Å². The largest absolute Gasteiger partial charge is 0.480 e. The predicted octanol–water partition coefficient (Wildman–Crippen LogP) is 2.44. The summed E-state index contributed by atoms with van der Waals surface area (Å²) < 4.78 is 26.9. The van der Waals surface area contributed by atoms with Crippen molar-refractivity contribution in [1.29, 1.82) is 0 Å². The normalized spacial score (nSPS) is 24.6. The third-order valence-corrected chi connectivity index (χ3v) is 4.37. The fraction of sp³-hybridized carbons (Fsp3) is 0.500. The maximum absolute atomic E-state index is 13.7. The van der Waals surface area contributed by atoms with Crippen LogP contribution in [0.2, 0.25) is 0 Å². The average molecular weight is 309 g/mol. The number of benzene rings is 1. The van der Waals surface area contributed by atoms with Crippen LogP contribution in [-0.2, 0) is 9.59 Å². The number of aliphatic carboxylic acids is 1. The molecule has 0 heterocycles. The Morgan fingerprint density at radius 2 is 2.05 bits per heavy atom. The van der Waals surface area contributed by atoms with E-state index in [1.54, 1.807) is 0 Å². The van der Waals surface area contributed by atoms with Gasteiger partial charge in [-0.25, -0.2) is 13.6 Å². The minimum Gasteiger partial charge on any atom is -0.480 e. The summed E-state index contributed by atoms with van der Waals surface area (Å²) in [4.78, 5) is 23.3. The lowest BCUT2D eigenvalue weighted by atomic mass is 10.1. The summed E-state index contributed by atoms with van der Waals surface area (Å²) in [6.45, 7) is 0. The van der Waals surface area contributed by atoms with Gasteiger partial charge in [-0.1, -0.05) is 12.8 Å². The second-order valence-electron chi connectivity index (χ2n) is 6.19. The molecule has 0 spiro atoms. The van der Waals surface area contributed by atoms with Crippen LogP contribution in [0.1, 0.15) is 37.2 Å². The molecule has 22 heavy (non-hydrogen) atoms. The van der Waals surface area contributed by atoms with Gasteiger partial charge in [-0.3, -0.25) is 4.79 Å². The highest BCUT2D eigenvalue weighted by Gasteiger charge is 2.46. The van der Waals surface area contributed by atoms with Gasteiger partial charge in [-0.15, -0.1) is 0 Å². The number of nitrogens with one attached hydrogen (secondary N) is 1. The molecule has 3 rings (SSSR count). The summed E-state index contributed by atoms with van der Waals surface area (Å²) in [7, 11) is 0. The zero-order chi connectivity index (χ0) is 15.9. The van der Waals surface area contributed by atoms with E-state index in [0.717, 1.165) is 31.0 Å². The molecule has 118 valence electrons. The van der Waals surface area contributed by atoms with Crippen LogP contribution in [0.15, 0.2) is 18.2 Å². The van der Waals surface area contributed by atoms with Crippen molar-refractivity contribution in [3.05, 3.63) is 35.4 Å². The average Bonchev–Trinajstić information content (AvgIpc) is 3.34. The summed E-state index contributed by atoms with van der Waals surface area (Å²) in [5.41, 5.74) is 0.189. The number of rotatable bonds is 6. The van der Waals surface area contributed by atoms with Crippen molar-refractivity contribution >= 4 is 11.9 Å². The Bertz CT molecular complexity index is 615. The molecule has 0 aromatic heterocycles. The van der Waals surface area contributed by atoms with Gasteiger partial charge in [0.15, 0.2) is 0 Å². The van der Waals surface area contributed by atoms with Gasteiger partial charge >= 0.3 is 5.97 Å². The molecule has 0 aliphatic heterocycles. The van der Waals surface area contributed by atoms with Gasteiger partial charge in [-0.05, 0) is 48.4 Å². The molecule has 1 aromatic carbocycles. The van der Waals surface area contributed by atoms with Crippen LogP contribution in [-0.4, -0.2) is 23.0 Å². The third-order valence-electron chi connectivity index (χ3n) is 4.37. The molecule has 4 nitrogen and oxygen atoms in total. The Morgan fingerprint density at radius 3 is 2.68 bits per heavy atom. The summed E-state index contributed by atoms with van der Waals surface area (Å²) in [5.74, 6) is -2.98. The molecule has 1 aromatic rings. The monoisotopic (exact) mass is 309 g/mol. The van der Waals surface area contributed by atoms with Gasteiger partial charge < -0.3 is 10.4 Å². The topological polar surface area (TPSA) is 66.4 Å². The van der Waals surface area contributed by atoms with Crippen LogP contribution < -0.4 is 5.32 Å². The number of amides is 1. The molecule has 0 saturated heterocycles. The number of carboxylic acids is 1. The number of carbonyl (C=O) groups is 2. The Balaban J connectivity index is 1.62. The van der Waals surface area contributed by atoms with Crippen LogP contribution in [0.3, 0.4) is 0 Å². The highest BCUT2D eigenvalue weighted by molar-refractivity contribution is 5.87. The van der Waals surface area contributed by atoms with Crippen molar-refractivity contribution in [2.24, 2.45) is 11.8 Å². The Hall–Kier alpha value is -1.98. The van der Waals surface area contributed by atoms with E-state index in [2.05, 4.69) is 5.32 Å². The second kappa shape index (κ2) is 5.66. The fourth-order valence-corrected chi connectivity index (χ4v) is 2.81. The van der Waals surface area contributed by atoms with Gasteiger partial charge in [0.1, 0.15) is 17.7 Å². The van der Waals surface area contributed by atoms with Crippen molar-refractivity contribution in [1.82, 2.24) is 5.32 Å². The molecule has 2 saturated carbocycles. The molecule has 2 aliphatic rings. The first kappa shape index (κ1) is 14.9. The van der Waals surface area contributed by atoms with Gasteiger partial charge in [0.25, 0.3) is 0 Å². The number of hydrogen-bond donors (Lipinski definition) is 2. The summed E-state index contributed by atoms with van der Waals surface area (Å²) >= 11 is 0. The van der Waals surface area contributed by atoms with Crippen LogP contribution in [0.5, 0.6) is 0 Å². The molecule has 2 N–H and O–H groups in total. The maximum Gasteiger partial charge on any atom is 0.326 e. The fourth-order valence-electron chi connectivity index (χ4n) is 2.81. The van der Waals surface area contributed by atoms with Gasteiger partial charge in [0.05, 0.1) is 0 Å². The van der Waals surface area contributed by atoms with Gasteiger partial charge in [0, 0.05) is 5.92 Å². The quantitative estimate of drug-likeness (QED) is 0.848. The smallest absolute Gasteiger partial charge is 0.326 e. The number of halogens is 2. The first-order valence-electron chi connectivity index (χ1n) is 7.44. The van der Waals surface area contributed by atoms with Gasteiger partial charge in [-0.2, -0.15) is 0 Å². The van der Waals surface area contributed by atoms with Crippen LogP contribution in [0, 0.1) is 23.5 Å². The molecule has 3 atom stereocenters. The van der Waals surface area contributed by atoms with E-state index in [0.29, 0.717) is 18.8 Å². The molecule has 0 bridgehead atoms. The van der Waals surface area contributed by atoms with Crippen LogP contribution >= 0.6 is 0 Å². The highest BCUT2D eigenvalue weighted by Crippen LogP contribution is 2.48. The summed E-state index contributed by atoms with van der Waals surface area (Å²) in [6, 6.07) is 2.29. The lowest BCUT2D eigenvalue weighted by molar-refractivity contribution is -0.142. The Kier molecular flexibility index (Phi) is 3.85. The molecule has 3 unspecified atom stereocenters. The lowest BCUT2D eigenvalue weighted by Gasteiger charge is -2.14. The highest BCUT2D eigenvalue weighted by atomic mass is 19.1. The first-order chi connectivity index (χ1) is 10.5. The van der Waals surface area contributed by atoms with E-state index in [1.165, 1.54) is 0 Å². The third kappa shape index (κ3) is 3.26. The zero-order valence-corrected chi connectivity index (χ0v) is 11.9. The minimum absolute atomic E-state index is 0.189. The molecule has 6 heteroatoms. The van der Waals surface area contributed by atoms with Crippen molar-refractivity contribution in [3.63, 3.8) is 0 Å². The first-order valence-corrected chi connectivity index (χ1v) is 7.44. The molecule has 1 amide bonds. The SMILES string of the molecule is O=C(O)C(CC1CC1)NC(=O)C1CC1c1cc(F)ccc1F. The van der Waals surface area contributed by atoms with Crippen LogP contribution in [0.4, 0.5) is 8.78 Å². The van der Waals surface area contributed by atoms with E-state index >= 15 is 0 Å². The summed E-state index contributed by atoms with van der Waals surface area (Å²) in [5, 5.41) is 11.7. The molecular weight excluding hydrogens is 292 g/mol. The van der Waals surface area contributed by atoms with E-state index in [4.69, 9.17) is 5.11 Å². The number of carbonyl (C=O) groups excluding carboxylic acids is 1. The van der Waals surface area contributed by atoms with E-state index in [1.807, 2.05) is 0 Å². The second-order valence-corrected chi connectivity index (χ2v) is 6.19. The van der Waals surface area contributed by atoms with Crippen molar-refractivity contribution in [2.45, 2.75) is 37.6 Å². The minimum atomic E-state index is -1.05. The Labute approximate surface area is 126 Å². The standard InChI is InChI=1S/C16H17F2NO3/c17-9-3-4-13(18)11(6-9)10-7-12(10)15(20)19-14(16(21)22)5-8-1-2-8/h3-4,6,8,10,12,14H,1-2,5,7H2,(H,19,20)(H,21,22). The zero-order valence-electron chi connectivity index (χ0n) is 11.9. The Morgan fingerprint density at radius 1 is 1.32 bits per heavy atom. The molecule has 2 aliphatic carbocycles. The molecule has 0 radical (unpaired) electrons. The molecule has 2 fully saturated rings. The van der Waals surface area contributed by atoms with Crippen LogP contribution in [0.25, 0.3) is 0 Å². The van der Waals surface area contributed by atoms with Crippen molar-refractivity contribution in [3.8, 4) is 0 Å². The molecular formula is C16H17F2NO3. The number of carboxylic acid groups (broad SMARTS) is 1. The van der Waals surface area contributed by atoms with Crippen molar-refractivity contribution < 1.29 is 23.5 Å².